The number of rotatable bonds is 3. The van der Waals surface area contributed by atoms with Crippen LogP contribution in [0.4, 0.5) is 5.69 Å². The van der Waals surface area contributed by atoms with Crippen LogP contribution in [0.5, 0.6) is 0 Å². The van der Waals surface area contributed by atoms with Gasteiger partial charge in [0.05, 0.1) is 23.4 Å². The molecular formula is C16H24N2O2. The monoisotopic (exact) mass is 276 g/mol. The van der Waals surface area contributed by atoms with Gasteiger partial charge in [0.15, 0.2) is 0 Å². The van der Waals surface area contributed by atoms with E-state index in [1.165, 1.54) is 0 Å². The zero-order valence-electron chi connectivity index (χ0n) is 12.8. The predicted molar refractivity (Wildman–Crippen MR) is 79.6 cm³/mol. The van der Waals surface area contributed by atoms with Crippen LogP contribution in [0.25, 0.3) is 0 Å². The van der Waals surface area contributed by atoms with Crippen LogP contribution in [0.2, 0.25) is 0 Å². The molecule has 1 saturated heterocycles. The molecule has 0 aromatic carbocycles. The smallest absolute Gasteiger partial charge is 0.230 e. The first kappa shape index (κ1) is 15.0. The minimum atomic E-state index is -0.0653. The molecule has 0 spiro atoms. The van der Waals surface area contributed by atoms with Crippen molar-refractivity contribution in [2.24, 2.45) is 11.8 Å². The first-order chi connectivity index (χ1) is 9.49. The highest BCUT2D eigenvalue weighted by atomic mass is 16.5. The van der Waals surface area contributed by atoms with Crippen LogP contribution < -0.4 is 5.32 Å². The summed E-state index contributed by atoms with van der Waals surface area (Å²) in [6, 6.07) is 3.84. The van der Waals surface area contributed by atoms with Crippen LogP contribution in [-0.2, 0) is 9.53 Å². The van der Waals surface area contributed by atoms with E-state index in [1.54, 1.807) is 0 Å². The summed E-state index contributed by atoms with van der Waals surface area (Å²) in [7, 11) is 0. The molecule has 1 aromatic rings. The number of nitrogens with zero attached hydrogens (tertiary/aromatic N) is 1. The fourth-order valence-electron chi connectivity index (χ4n) is 2.78. The number of carbonyl (C=O) groups is 1. The van der Waals surface area contributed by atoms with Crippen molar-refractivity contribution in [3.05, 3.63) is 23.5 Å². The van der Waals surface area contributed by atoms with Crippen molar-refractivity contribution < 1.29 is 9.53 Å². The average molecular weight is 276 g/mol. The first-order valence-electron chi connectivity index (χ1n) is 7.35. The van der Waals surface area contributed by atoms with E-state index in [0.29, 0.717) is 5.92 Å². The van der Waals surface area contributed by atoms with Gasteiger partial charge in [0.1, 0.15) is 0 Å². The number of aryl methyl sites for hydroxylation is 2. The summed E-state index contributed by atoms with van der Waals surface area (Å²) in [5.41, 5.74) is 2.62. The fourth-order valence-corrected chi connectivity index (χ4v) is 2.78. The molecule has 2 unspecified atom stereocenters. The van der Waals surface area contributed by atoms with Crippen molar-refractivity contribution in [2.75, 3.05) is 11.9 Å². The van der Waals surface area contributed by atoms with Gasteiger partial charge in [-0.05, 0) is 44.7 Å². The molecular weight excluding hydrogens is 252 g/mol. The Balaban J connectivity index is 2.10. The van der Waals surface area contributed by atoms with E-state index < -0.39 is 0 Å². The van der Waals surface area contributed by atoms with Gasteiger partial charge < -0.3 is 10.1 Å². The van der Waals surface area contributed by atoms with E-state index in [1.807, 2.05) is 26.0 Å². The lowest BCUT2D eigenvalue weighted by atomic mass is 9.86. The summed E-state index contributed by atoms with van der Waals surface area (Å²) in [5.74, 6) is 0.338. The van der Waals surface area contributed by atoms with Crippen molar-refractivity contribution in [1.29, 1.82) is 0 Å². The number of anilines is 1. The number of amides is 1. The fraction of sp³-hybridized carbons (Fsp3) is 0.625. The quantitative estimate of drug-likeness (QED) is 0.923. The minimum absolute atomic E-state index is 0.0162. The SMILES string of the molecule is Cc1ccc(NC(=O)C2CCCOC2C(C)C)c(C)n1. The van der Waals surface area contributed by atoms with Crippen LogP contribution in [0.1, 0.15) is 38.1 Å². The Kier molecular flexibility index (Phi) is 4.76. The topological polar surface area (TPSA) is 51.2 Å². The molecule has 2 heterocycles. The maximum atomic E-state index is 12.5. The number of nitrogens with one attached hydrogen (secondary N) is 1. The highest BCUT2D eigenvalue weighted by Gasteiger charge is 2.34. The molecule has 1 aromatic heterocycles. The third-order valence-corrected chi connectivity index (χ3v) is 3.84. The first-order valence-corrected chi connectivity index (χ1v) is 7.35. The van der Waals surface area contributed by atoms with Gasteiger partial charge in [-0.1, -0.05) is 13.8 Å². The van der Waals surface area contributed by atoms with Gasteiger partial charge in [-0.25, -0.2) is 0 Å². The number of pyridine rings is 1. The van der Waals surface area contributed by atoms with E-state index in [4.69, 9.17) is 4.74 Å². The van der Waals surface area contributed by atoms with Crippen molar-refractivity contribution in [2.45, 2.75) is 46.6 Å². The zero-order valence-corrected chi connectivity index (χ0v) is 12.8. The molecule has 4 heteroatoms. The molecule has 4 nitrogen and oxygen atoms in total. The Morgan fingerprint density at radius 3 is 2.80 bits per heavy atom. The Bertz CT molecular complexity index is 485. The second-order valence-corrected chi connectivity index (χ2v) is 5.90. The number of aromatic nitrogens is 1. The lowest BCUT2D eigenvalue weighted by molar-refractivity contribution is -0.131. The van der Waals surface area contributed by atoms with Gasteiger partial charge in [0.25, 0.3) is 0 Å². The van der Waals surface area contributed by atoms with Crippen LogP contribution >= 0.6 is 0 Å². The number of hydrogen-bond acceptors (Lipinski definition) is 3. The molecule has 0 aliphatic carbocycles. The summed E-state index contributed by atoms with van der Waals surface area (Å²) in [5, 5.41) is 3.01. The van der Waals surface area contributed by atoms with Gasteiger partial charge in [0, 0.05) is 12.3 Å². The van der Waals surface area contributed by atoms with Crippen LogP contribution in [0, 0.1) is 25.7 Å². The Hall–Kier alpha value is -1.42. The largest absolute Gasteiger partial charge is 0.377 e. The lowest BCUT2D eigenvalue weighted by Gasteiger charge is -2.33. The molecule has 1 aliphatic rings. The van der Waals surface area contributed by atoms with Gasteiger partial charge in [-0.15, -0.1) is 0 Å². The van der Waals surface area contributed by atoms with Crippen molar-refractivity contribution in [3.8, 4) is 0 Å². The molecule has 1 fully saturated rings. The Morgan fingerprint density at radius 2 is 2.15 bits per heavy atom. The second kappa shape index (κ2) is 6.35. The molecule has 1 amide bonds. The van der Waals surface area contributed by atoms with Crippen molar-refractivity contribution in [1.82, 2.24) is 4.98 Å². The van der Waals surface area contributed by atoms with E-state index >= 15 is 0 Å². The highest BCUT2D eigenvalue weighted by molar-refractivity contribution is 5.93. The molecule has 110 valence electrons. The van der Waals surface area contributed by atoms with Crippen molar-refractivity contribution in [3.63, 3.8) is 0 Å². The van der Waals surface area contributed by atoms with Gasteiger partial charge >= 0.3 is 0 Å². The van der Waals surface area contributed by atoms with Crippen molar-refractivity contribution >= 4 is 11.6 Å². The van der Waals surface area contributed by atoms with Crippen LogP contribution in [0.3, 0.4) is 0 Å². The third-order valence-electron chi connectivity index (χ3n) is 3.84. The molecule has 20 heavy (non-hydrogen) atoms. The molecule has 2 rings (SSSR count). The van der Waals surface area contributed by atoms with E-state index in [0.717, 1.165) is 36.5 Å². The Labute approximate surface area is 120 Å². The van der Waals surface area contributed by atoms with Gasteiger partial charge in [0.2, 0.25) is 5.91 Å². The van der Waals surface area contributed by atoms with Crippen LogP contribution in [-0.4, -0.2) is 23.6 Å². The Morgan fingerprint density at radius 1 is 1.40 bits per heavy atom. The summed E-state index contributed by atoms with van der Waals surface area (Å²) < 4.78 is 5.78. The number of hydrogen-bond donors (Lipinski definition) is 1. The maximum Gasteiger partial charge on any atom is 0.230 e. The summed E-state index contributed by atoms with van der Waals surface area (Å²) in [6.07, 6.45) is 1.86. The minimum Gasteiger partial charge on any atom is -0.377 e. The maximum absolute atomic E-state index is 12.5. The summed E-state index contributed by atoms with van der Waals surface area (Å²) in [4.78, 5) is 16.9. The molecule has 0 bridgehead atoms. The normalized spacial score (nSPS) is 22.9. The lowest BCUT2D eigenvalue weighted by Crippen LogP contribution is -2.41. The third kappa shape index (κ3) is 3.37. The number of carbonyl (C=O) groups excluding carboxylic acids is 1. The average Bonchev–Trinajstić information content (AvgIpc) is 2.41. The summed E-state index contributed by atoms with van der Waals surface area (Å²) >= 11 is 0. The summed E-state index contributed by atoms with van der Waals surface area (Å²) in [6.45, 7) is 8.84. The second-order valence-electron chi connectivity index (χ2n) is 5.90. The molecule has 2 atom stereocenters. The molecule has 0 saturated carbocycles. The van der Waals surface area contributed by atoms with Gasteiger partial charge in [-0.2, -0.15) is 0 Å². The molecule has 1 aliphatic heterocycles. The molecule has 0 radical (unpaired) electrons. The number of ether oxygens (including phenoxy) is 1. The highest BCUT2D eigenvalue weighted by Crippen LogP contribution is 2.27. The standard InChI is InChI=1S/C16H24N2O2/c1-10(2)15-13(6-5-9-20-15)16(19)18-14-8-7-11(3)17-12(14)4/h7-8,10,13,15H,5-6,9H2,1-4H3,(H,18,19). The zero-order chi connectivity index (χ0) is 14.7. The molecule has 1 N–H and O–H groups in total. The van der Waals surface area contributed by atoms with E-state index in [2.05, 4.69) is 24.1 Å². The van der Waals surface area contributed by atoms with Gasteiger partial charge in [-0.3, -0.25) is 9.78 Å². The van der Waals surface area contributed by atoms with E-state index in [9.17, 15) is 4.79 Å². The van der Waals surface area contributed by atoms with Crippen LogP contribution in [0.15, 0.2) is 12.1 Å². The predicted octanol–water partition coefficient (Wildman–Crippen LogP) is 3.09. The van der Waals surface area contributed by atoms with E-state index in [-0.39, 0.29) is 17.9 Å².